The number of hydrogen-bond acceptors (Lipinski definition) is 17. The Morgan fingerprint density at radius 1 is 0.800 bits per heavy atom. The smallest absolute Gasteiger partial charge is 0.302 e. The Kier molecular flexibility index (Phi) is 14.1. The second kappa shape index (κ2) is 17.7. The van der Waals surface area contributed by atoms with Crippen LogP contribution >= 0.6 is 0 Å². The van der Waals surface area contributed by atoms with Gasteiger partial charge in [-0.05, 0) is 101 Å². The summed E-state index contributed by atoms with van der Waals surface area (Å²) in [6.07, 6.45) is -13.2. The van der Waals surface area contributed by atoms with Crippen molar-refractivity contribution in [3.8, 4) is 0 Å². The second-order valence-corrected chi connectivity index (χ2v) is 20.3. The lowest BCUT2D eigenvalue weighted by atomic mass is 9.44. The van der Waals surface area contributed by atoms with Crippen molar-refractivity contribution in [3.63, 3.8) is 0 Å². The van der Waals surface area contributed by atoms with Crippen molar-refractivity contribution in [1.29, 1.82) is 0 Å². The van der Waals surface area contributed by atoms with Crippen LogP contribution < -0.4 is 0 Å². The van der Waals surface area contributed by atoms with Crippen molar-refractivity contribution >= 4 is 17.5 Å². The molecule has 9 N–H and O–H groups in total. The Labute approximate surface area is 351 Å². The molecule has 0 amide bonds. The van der Waals surface area contributed by atoms with E-state index in [1.54, 1.807) is 27.7 Å². The molecule has 60 heavy (non-hydrogen) atoms. The first-order valence-corrected chi connectivity index (χ1v) is 21.8. The van der Waals surface area contributed by atoms with Gasteiger partial charge in [0.25, 0.3) is 0 Å². The van der Waals surface area contributed by atoms with Crippen LogP contribution in [-0.4, -0.2) is 162 Å². The summed E-state index contributed by atoms with van der Waals surface area (Å²) in [6, 6.07) is 0. The summed E-state index contributed by atoms with van der Waals surface area (Å²) in [5.41, 5.74) is -3.63. The van der Waals surface area contributed by atoms with Gasteiger partial charge >= 0.3 is 5.97 Å². The first kappa shape index (κ1) is 47.8. The van der Waals surface area contributed by atoms with Crippen LogP contribution in [0.1, 0.15) is 106 Å². The van der Waals surface area contributed by atoms with Crippen LogP contribution in [0.3, 0.4) is 0 Å². The molecule has 0 bridgehead atoms. The molecule has 6 rings (SSSR count). The fourth-order valence-electron chi connectivity index (χ4n) is 12.9. The summed E-state index contributed by atoms with van der Waals surface area (Å²) in [6.45, 7) is 10.8. The average molecular weight is 859 g/mol. The lowest BCUT2D eigenvalue weighted by molar-refractivity contribution is -0.373. The lowest BCUT2D eigenvalue weighted by Gasteiger charge is -2.60. The minimum absolute atomic E-state index is 0.0284. The predicted octanol–water partition coefficient (Wildman–Crippen LogP) is -0.117. The minimum Gasteiger partial charge on any atom is -0.462 e. The maximum atomic E-state index is 14.3. The molecule has 0 aromatic heterocycles. The molecule has 4 saturated carbocycles. The molecule has 17 heteroatoms. The summed E-state index contributed by atoms with van der Waals surface area (Å²) in [5.74, 6) is -2.12. The van der Waals surface area contributed by atoms with Crippen LogP contribution in [0.2, 0.25) is 0 Å². The first-order chi connectivity index (χ1) is 27.9. The molecule has 0 radical (unpaired) electrons. The Bertz CT molecular complexity index is 1550. The zero-order valence-electron chi connectivity index (χ0n) is 36.0. The Morgan fingerprint density at radius 2 is 1.40 bits per heavy atom. The average Bonchev–Trinajstić information content (AvgIpc) is 3.44. The van der Waals surface area contributed by atoms with E-state index < -0.39 is 133 Å². The van der Waals surface area contributed by atoms with Gasteiger partial charge in [-0.3, -0.25) is 14.4 Å². The highest BCUT2D eigenvalue weighted by atomic mass is 16.8. The summed E-state index contributed by atoms with van der Waals surface area (Å²) in [5, 5.41) is 95.8. The maximum absolute atomic E-state index is 14.3. The quantitative estimate of drug-likeness (QED) is 0.0863. The number of Topliss-reactive ketones (excluding diaryl/α,β-unsaturated/α-hetero) is 2. The van der Waals surface area contributed by atoms with Gasteiger partial charge in [0, 0.05) is 31.6 Å². The predicted molar refractivity (Wildman–Crippen MR) is 208 cm³/mol. The van der Waals surface area contributed by atoms with E-state index in [9.17, 15) is 60.3 Å². The molecule has 0 aromatic rings. The van der Waals surface area contributed by atoms with Crippen molar-refractivity contribution in [2.24, 2.45) is 46.3 Å². The molecule has 0 aromatic carbocycles. The van der Waals surface area contributed by atoms with E-state index in [-0.39, 0.29) is 48.6 Å². The number of aliphatic hydroxyl groups is 9. The summed E-state index contributed by atoms with van der Waals surface area (Å²) >= 11 is 0. The van der Waals surface area contributed by atoms with E-state index in [4.69, 9.17) is 23.7 Å². The number of carbonyl (C=O) groups excluding carboxylic acids is 3. The Morgan fingerprint density at radius 3 is 2.00 bits per heavy atom. The molecule has 6 aliphatic rings. The highest BCUT2D eigenvalue weighted by Crippen LogP contribution is 2.67. The van der Waals surface area contributed by atoms with Crippen LogP contribution in [0.4, 0.5) is 0 Å². The monoisotopic (exact) mass is 858 g/mol. The number of fused-ring (bicyclic) bond motifs is 5. The van der Waals surface area contributed by atoms with E-state index in [1.807, 2.05) is 0 Å². The van der Waals surface area contributed by atoms with Gasteiger partial charge in [-0.1, -0.05) is 13.8 Å². The molecular weight excluding hydrogens is 788 g/mol. The summed E-state index contributed by atoms with van der Waals surface area (Å²) < 4.78 is 29.1. The zero-order valence-corrected chi connectivity index (χ0v) is 36.0. The van der Waals surface area contributed by atoms with Gasteiger partial charge in [0.2, 0.25) is 0 Å². The van der Waals surface area contributed by atoms with Crippen LogP contribution in [0.15, 0.2) is 0 Å². The first-order valence-electron chi connectivity index (χ1n) is 21.8. The van der Waals surface area contributed by atoms with Crippen LogP contribution in [-0.2, 0) is 38.1 Å². The Hall–Kier alpha value is -1.71. The van der Waals surface area contributed by atoms with E-state index in [1.165, 1.54) is 6.92 Å². The molecule has 17 nitrogen and oxygen atoms in total. The molecule has 6 fully saturated rings. The largest absolute Gasteiger partial charge is 0.462 e. The molecule has 4 aliphatic carbocycles. The molecule has 2 saturated heterocycles. The van der Waals surface area contributed by atoms with Crippen molar-refractivity contribution in [2.75, 3.05) is 13.2 Å². The lowest BCUT2D eigenvalue weighted by Crippen LogP contribution is -2.65. The number of ether oxygens (including phenoxy) is 5. The van der Waals surface area contributed by atoms with E-state index in [2.05, 4.69) is 13.8 Å². The summed E-state index contributed by atoms with van der Waals surface area (Å²) in [7, 11) is 0. The minimum atomic E-state index is -1.81. The third-order valence-corrected chi connectivity index (χ3v) is 15.9. The van der Waals surface area contributed by atoms with Gasteiger partial charge in [0.15, 0.2) is 12.6 Å². The van der Waals surface area contributed by atoms with Gasteiger partial charge in [-0.15, -0.1) is 0 Å². The number of ketones is 2. The zero-order chi connectivity index (χ0) is 44.4. The molecule has 21 unspecified atom stereocenters. The van der Waals surface area contributed by atoms with Gasteiger partial charge < -0.3 is 69.6 Å². The third-order valence-electron chi connectivity index (χ3n) is 15.9. The van der Waals surface area contributed by atoms with E-state index in [0.717, 1.165) is 6.42 Å². The van der Waals surface area contributed by atoms with Crippen LogP contribution in [0, 0.1) is 46.3 Å². The Balaban J connectivity index is 1.15. The van der Waals surface area contributed by atoms with Crippen molar-refractivity contribution in [1.82, 2.24) is 0 Å². The van der Waals surface area contributed by atoms with Crippen LogP contribution in [0.25, 0.3) is 0 Å². The normalized spacial score (nSPS) is 46.7. The van der Waals surface area contributed by atoms with E-state index >= 15 is 0 Å². The molecule has 21 atom stereocenters. The highest BCUT2D eigenvalue weighted by molar-refractivity contribution is 5.87. The van der Waals surface area contributed by atoms with Crippen molar-refractivity contribution < 1.29 is 84.0 Å². The molecule has 344 valence electrons. The van der Waals surface area contributed by atoms with Gasteiger partial charge in [-0.2, -0.15) is 0 Å². The number of rotatable bonds is 13. The van der Waals surface area contributed by atoms with Crippen molar-refractivity contribution in [2.45, 2.75) is 191 Å². The van der Waals surface area contributed by atoms with Crippen LogP contribution in [0.5, 0.6) is 0 Å². The van der Waals surface area contributed by atoms with Gasteiger partial charge in [0.05, 0.1) is 36.4 Å². The molecule has 2 aliphatic heterocycles. The third kappa shape index (κ3) is 8.74. The number of carbonyl (C=O) groups is 3. The molecule has 0 spiro atoms. The van der Waals surface area contributed by atoms with Gasteiger partial charge in [-0.25, -0.2) is 0 Å². The van der Waals surface area contributed by atoms with E-state index in [0.29, 0.717) is 32.1 Å². The molecule has 2 heterocycles. The number of esters is 1. The topological polar surface area (TPSA) is 279 Å². The fourth-order valence-corrected chi connectivity index (χ4v) is 12.9. The standard InChI is InChI=1S/C43H70O17/c1-19(56-20(2)46)23(40(3,4)54)10-13-43(7,55)37-28(48)16-25-22-15-27(47)26-14-21(8-11-41(26,5)24(22)9-12-42(25,37)6)57-39-36(34(52)32(50)30(18-45)59-39)60-38-35(53)33(51)31(49)29(17-44)58-38/h19,21-26,29-39,44-45,49-55H,8-18H2,1-7H3. The highest BCUT2D eigenvalue weighted by Gasteiger charge is 2.67. The summed E-state index contributed by atoms with van der Waals surface area (Å²) in [4.78, 5) is 40.2. The maximum Gasteiger partial charge on any atom is 0.302 e. The van der Waals surface area contributed by atoms with Gasteiger partial charge in [0.1, 0.15) is 66.5 Å². The number of aliphatic hydroxyl groups excluding tert-OH is 7. The molecular formula is C43H70O17. The number of hydrogen-bond donors (Lipinski definition) is 9. The van der Waals surface area contributed by atoms with Crippen molar-refractivity contribution in [3.05, 3.63) is 0 Å². The SMILES string of the molecule is CC(=O)OC(C)C(CCC(C)(O)C1C(=O)CC2C3CC(=O)C4CC(OC5OC(CO)C(O)C(O)C5OC5OC(CO)C(O)C(O)C5O)CCC4(C)C3CCC21C)C(C)(C)O. The second-order valence-electron chi connectivity index (χ2n) is 20.3. The fraction of sp³-hybridized carbons (Fsp3) is 0.930.